The third-order valence-corrected chi connectivity index (χ3v) is 7.49. The van der Waals surface area contributed by atoms with Gasteiger partial charge in [-0.05, 0) is 42.2 Å². The Morgan fingerprint density at radius 3 is 2.37 bits per heavy atom. The molecule has 3 rings (SSSR count). The number of fused-ring (bicyclic) bond motifs is 1. The van der Waals surface area contributed by atoms with Gasteiger partial charge in [-0.1, -0.05) is 20.8 Å². The van der Waals surface area contributed by atoms with Crippen LogP contribution in [0.25, 0.3) is 0 Å². The van der Waals surface area contributed by atoms with Crippen molar-refractivity contribution in [2.24, 2.45) is 0 Å². The lowest BCUT2D eigenvalue weighted by atomic mass is 9.84. The number of phenolic OH excluding ortho intramolecular Hbond substituents is 1. The van der Waals surface area contributed by atoms with Crippen LogP contribution in [0.3, 0.4) is 0 Å². The molecule has 0 spiro atoms. The van der Waals surface area contributed by atoms with E-state index in [0.29, 0.717) is 29.0 Å². The standard InChI is InChI=1S/C26H34N4O6S.BrH/c1-8-36-22-11-16-13-30(24(27)17(16)12-18(22)25(33)28-5)14-21(31)15-9-19(26(2,3)4)23(32)20(10-15)29(6)37(7,34)35;/h9-12,27,32H,8,13-14H2,1-7H3,(H,28,33);1H. The first kappa shape index (κ1) is 31.1. The van der Waals surface area contributed by atoms with Crippen LogP contribution in [0.15, 0.2) is 24.3 Å². The quantitative estimate of drug-likeness (QED) is 0.389. The zero-order valence-electron chi connectivity index (χ0n) is 22.6. The number of nitrogens with zero attached hydrogens (tertiary/aromatic N) is 2. The Morgan fingerprint density at radius 2 is 1.84 bits per heavy atom. The number of hydrogen-bond donors (Lipinski definition) is 3. The number of ether oxygens (including phenoxy) is 1. The first-order valence-electron chi connectivity index (χ1n) is 11.8. The summed E-state index contributed by atoms with van der Waals surface area (Å²) in [6, 6.07) is 6.25. The lowest BCUT2D eigenvalue weighted by Gasteiger charge is -2.26. The van der Waals surface area contributed by atoms with Gasteiger partial charge in [0.15, 0.2) is 5.78 Å². The Morgan fingerprint density at radius 1 is 1.21 bits per heavy atom. The number of nitrogens with one attached hydrogen (secondary N) is 2. The van der Waals surface area contributed by atoms with E-state index in [1.54, 1.807) is 23.1 Å². The van der Waals surface area contributed by atoms with E-state index in [4.69, 9.17) is 10.1 Å². The van der Waals surface area contributed by atoms with Gasteiger partial charge in [-0.2, -0.15) is 0 Å². The van der Waals surface area contributed by atoms with Crippen molar-refractivity contribution < 1.29 is 27.9 Å². The van der Waals surface area contributed by atoms with Gasteiger partial charge < -0.3 is 20.1 Å². The Labute approximate surface area is 234 Å². The Hall–Kier alpha value is -3.12. The first-order valence-corrected chi connectivity index (χ1v) is 13.6. The molecule has 208 valence electrons. The van der Waals surface area contributed by atoms with Crippen LogP contribution in [0, 0.1) is 5.41 Å². The van der Waals surface area contributed by atoms with Crippen molar-refractivity contribution in [3.8, 4) is 11.5 Å². The molecule has 1 amide bonds. The van der Waals surface area contributed by atoms with Gasteiger partial charge in [-0.3, -0.25) is 19.3 Å². The molecule has 1 heterocycles. The van der Waals surface area contributed by atoms with E-state index in [2.05, 4.69) is 5.32 Å². The molecule has 0 saturated heterocycles. The van der Waals surface area contributed by atoms with E-state index in [1.165, 1.54) is 20.2 Å². The minimum atomic E-state index is -3.70. The number of carbonyl (C=O) groups is 2. The minimum Gasteiger partial charge on any atom is -0.505 e. The fourth-order valence-electron chi connectivity index (χ4n) is 4.19. The molecule has 12 heteroatoms. The molecule has 0 radical (unpaired) electrons. The third-order valence-electron chi connectivity index (χ3n) is 6.30. The number of benzene rings is 2. The van der Waals surface area contributed by atoms with E-state index in [0.717, 1.165) is 16.1 Å². The lowest BCUT2D eigenvalue weighted by Crippen LogP contribution is -2.31. The van der Waals surface area contributed by atoms with Gasteiger partial charge in [0.05, 0.1) is 30.7 Å². The molecular weight excluding hydrogens is 576 g/mol. The molecule has 0 atom stereocenters. The highest BCUT2D eigenvalue weighted by Crippen LogP contribution is 2.40. The maximum atomic E-state index is 13.4. The normalized spacial score (nSPS) is 13.0. The van der Waals surface area contributed by atoms with E-state index >= 15 is 0 Å². The summed E-state index contributed by atoms with van der Waals surface area (Å²) in [4.78, 5) is 27.4. The summed E-state index contributed by atoms with van der Waals surface area (Å²) in [5.74, 6) is -0.385. The Balaban J connectivity index is 0.00000507. The molecule has 1 aliphatic rings. The number of rotatable bonds is 8. The number of aromatic hydroxyl groups is 1. The summed E-state index contributed by atoms with van der Waals surface area (Å²) in [7, 11) is -0.868. The summed E-state index contributed by atoms with van der Waals surface area (Å²) in [6.07, 6.45) is 1.02. The number of anilines is 1. The highest BCUT2D eigenvalue weighted by molar-refractivity contribution is 8.93. The molecular formula is C26H35BrN4O6S. The molecule has 3 N–H and O–H groups in total. The molecule has 0 aromatic heterocycles. The number of ketones is 1. The number of carbonyl (C=O) groups excluding carboxylic acids is 2. The van der Waals surface area contributed by atoms with Crippen LogP contribution in [0.4, 0.5) is 5.69 Å². The molecule has 0 fully saturated rings. The third kappa shape index (κ3) is 6.12. The summed E-state index contributed by atoms with van der Waals surface area (Å²) >= 11 is 0. The number of halogens is 1. The second-order valence-corrected chi connectivity index (χ2v) is 12.0. The second-order valence-electron chi connectivity index (χ2n) is 10.0. The van der Waals surface area contributed by atoms with Crippen LogP contribution >= 0.6 is 17.0 Å². The van der Waals surface area contributed by atoms with Crippen molar-refractivity contribution in [1.82, 2.24) is 10.2 Å². The SMILES string of the molecule is Br.CCOc1cc2c(cc1C(=O)NC)C(=N)N(CC(=O)c1cc(N(C)S(C)(=O)=O)c(O)c(C(C)(C)C)c1)C2. The highest BCUT2D eigenvalue weighted by atomic mass is 79.9. The number of sulfonamides is 1. The van der Waals surface area contributed by atoms with E-state index in [-0.39, 0.29) is 64.6 Å². The van der Waals surface area contributed by atoms with Gasteiger partial charge in [-0.15, -0.1) is 17.0 Å². The molecule has 2 aromatic carbocycles. The maximum absolute atomic E-state index is 13.4. The summed E-state index contributed by atoms with van der Waals surface area (Å²) in [6.45, 7) is 7.86. The van der Waals surface area contributed by atoms with Crippen LogP contribution < -0.4 is 14.4 Å². The number of hydrogen-bond acceptors (Lipinski definition) is 7. The van der Waals surface area contributed by atoms with Crippen LogP contribution in [-0.2, 0) is 22.0 Å². The summed E-state index contributed by atoms with van der Waals surface area (Å²) in [5, 5.41) is 22.1. The average Bonchev–Trinajstić information content (AvgIpc) is 3.10. The van der Waals surface area contributed by atoms with Crippen molar-refractivity contribution >= 4 is 50.2 Å². The second kappa shape index (κ2) is 11.3. The van der Waals surface area contributed by atoms with E-state index in [1.807, 2.05) is 27.7 Å². The van der Waals surface area contributed by atoms with Gasteiger partial charge in [-0.25, -0.2) is 8.42 Å². The summed E-state index contributed by atoms with van der Waals surface area (Å²) in [5.41, 5.74) is 1.69. The van der Waals surface area contributed by atoms with Gasteiger partial charge in [0.25, 0.3) is 5.91 Å². The molecule has 0 unspecified atom stereocenters. The van der Waals surface area contributed by atoms with Crippen LogP contribution in [-0.4, -0.2) is 69.5 Å². The van der Waals surface area contributed by atoms with E-state index < -0.39 is 15.4 Å². The number of phenols is 1. The fourth-order valence-corrected chi connectivity index (χ4v) is 4.68. The maximum Gasteiger partial charge on any atom is 0.254 e. The Kier molecular flexibility index (Phi) is 9.27. The van der Waals surface area contributed by atoms with Crippen molar-refractivity contribution in [2.45, 2.75) is 39.7 Å². The smallest absolute Gasteiger partial charge is 0.254 e. The fraction of sp³-hybridized carbons (Fsp3) is 0.423. The van der Waals surface area contributed by atoms with Crippen molar-refractivity contribution in [1.29, 1.82) is 5.41 Å². The van der Waals surface area contributed by atoms with Crippen molar-refractivity contribution in [3.05, 3.63) is 52.1 Å². The Bertz CT molecular complexity index is 1390. The zero-order valence-corrected chi connectivity index (χ0v) is 25.2. The molecule has 2 aromatic rings. The number of amidine groups is 1. The van der Waals surface area contributed by atoms with Crippen LogP contribution in [0.1, 0.15) is 65.1 Å². The predicted octanol–water partition coefficient (Wildman–Crippen LogP) is 3.45. The lowest BCUT2D eigenvalue weighted by molar-refractivity contribution is 0.0953. The molecule has 1 aliphatic heterocycles. The van der Waals surface area contributed by atoms with Gasteiger partial charge in [0, 0.05) is 37.3 Å². The van der Waals surface area contributed by atoms with E-state index in [9.17, 15) is 23.1 Å². The van der Waals surface area contributed by atoms with Crippen LogP contribution in [0.2, 0.25) is 0 Å². The molecule has 0 bridgehead atoms. The molecule has 10 nitrogen and oxygen atoms in total. The molecule has 0 aliphatic carbocycles. The van der Waals surface area contributed by atoms with Gasteiger partial charge in [0.2, 0.25) is 10.0 Å². The van der Waals surface area contributed by atoms with Gasteiger partial charge in [0.1, 0.15) is 17.3 Å². The van der Waals surface area contributed by atoms with Crippen molar-refractivity contribution in [3.63, 3.8) is 0 Å². The average molecular weight is 612 g/mol. The molecule has 0 saturated carbocycles. The summed E-state index contributed by atoms with van der Waals surface area (Å²) < 4.78 is 31.0. The number of Topliss-reactive ketones (excluding diaryl/α,β-unsaturated/α-hetero) is 1. The highest BCUT2D eigenvalue weighted by Gasteiger charge is 2.31. The van der Waals surface area contributed by atoms with Gasteiger partial charge >= 0.3 is 0 Å². The first-order chi connectivity index (χ1) is 17.1. The zero-order chi connectivity index (χ0) is 27.9. The minimum absolute atomic E-state index is 0. The largest absolute Gasteiger partial charge is 0.505 e. The monoisotopic (exact) mass is 610 g/mol. The topological polar surface area (TPSA) is 140 Å². The predicted molar refractivity (Wildman–Crippen MR) is 153 cm³/mol. The van der Waals surface area contributed by atoms with Crippen LogP contribution in [0.5, 0.6) is 11.5 Å². The van der Waals surface area contributed by atoms with Crippen molar-refractivity contribution in [2.75, 3.05) is 37.8 Å². The number of amides is 1. The molecule has 38 heavy (non-hydrogen) atoms.